The van der Waals surface area contributed by atoms with E-state index in [2.05, 4.69) is 26.0 Å². The van der Waals surface area contributed by atoms with Crippen LogP contribution >= 0.6 is 11.6 Å². The van der Waals surface area contributed by atoms with Gasteiger partial charge >= 0.3 is 0 Å². The lowest BCUT2D eigenvalue weighted by Crippen LogP contribution is -2.05. The molecule has 0 saturated heterocycles. The van der Waals surface area contributed by atoms with Crippen molar-refractivity contribution in [3.63, 3.8) is 0 Å². The molecule has 0 N–H and O–H groups in total. The molecule has 1 aromatic rings. The van der Waals surface area contributed by atoms with E-state index < -0.39 is 0 Å². The summed E-state index contributed by atoms with van der Waals surface area (Å²) in [5.41, 5.74) is 1.19. The highest BCUT2D eigenvalue weighted by Gasteiger charge is 2.17. The van der Waals surface area contributed by atoms with E-state index in [1.54, 1.807) is 7.11 Å². The van der Waals surface area contributed by atoms with Crippen LogP contribution in [0.3, 0.4) is 0 Å². The molecule has 0 heterocycles. The molecule has 0 saturated carbocycles. The zero-order valence-electron chi connectivity index (χ0n) is 9.66. The van der Waals surface area contributed by atoms with E-state index in [-0.39, 0.29) is 5.38 Å². The lowest BCUT2D eigenvalue weighted by molar-refractivity contribution is 0.414. The lowest BCUT2D eigenvalue weighted by atomic mass is 9.94. The third-order valence-electron chi connectivity index (χ3n) is 2.90. The normalized spacial score (nSPS) is 12.9. The molecule has 0 bridgehead atoms. The van der Waals surface area contributed by atoms with E-state index in [4.69, 9.17) is 16.3 Å². The number of benzene rings is 1. The van der Waals surface area contributed by atoms with Crippen molar-refractivity contribution in [1.29, 1.82) is 0 Å². The van der Waals surface area contributed by atoms with Crippen molar-refractivity contribution < 1.29 is 4.74 Å². The predicted octanol–water partition coefficient (Wildman–Crippen LogP) is 4.41. The smallest absolute Gasteiger partial charge is 0.118 e. The summed E-state index contributed by atoms with van der Waals surface area (Å²) in [6, 6.07) is 8.03. The van der Waals surface area contributed by atoms with Gasteiger partial charge in [-0.25, -0.2) is 0 Å². The van der Waals surface area contributed by atoms with Gasteiger partial charge in [-0.15, -0.1) is 11.6 Å². The maximum atomic E-state index is 6.43. The zero-order chi connectivity index (χ0) is 11.3. The maximum Gasteiger partial charge on any atom is 0.118 e. The first-order valence-electron chi connectivity index (χ1n) is 5.50. The second-order valence-electron chi connectivity index (χ2n) is 3.75. The van der Waals surface area contributed by atoms with E-state index in [0.717, 1.165) is 18.6 Å². The minimum Gasteiger partial charge on any atom is -0.497 e. The summed E-state index contributed by atoms with van der Waals surface area (Å²) >= 11 is 6.43. The second kappa shape index (κ2) is 6.02. The monoisotopic (exact) mass is 226 g/mol. The largest absolute Gasteiger partial charge is 0.497 e. The van der Waals surface area contributed by atoms with Crippen molar-refractivity contribution in [3.8, 4) is 5.75 Å². The van der Waals surface area contributed by atoms with Crippen molar-refractivity contribution in [2.24, 2.45) is 5.92 Å². The number of halogens is 1. The highest BCUT2D eigenvalue weighted by Crippen LogP contribution is 2.33. The maximum absolute atomic E-state index is 6.43. The highest BCUT2D eigenvalue weighted by molar-refractivity contribution is 6.21. The van der Waals surface area contributed by atoms with Gasteiger partial charge in [-0.1, -0.05) is 38.8 Å². The average Bonchev–Trinajstić information content (AvgIpc) is 2.30. The van der Waals surface area contributed by atoms with Gasteiger partial charge in [0.25, 0.3) is 0 Å². The van der Waals surface area contributed by atoms with Crippen LogP contribution in [-0.2, 0) is 0 Å². The van der Waals surface area contributed by atoms with Crippen molar-refractivity contribution in [3.05, 3.63) is 29.8 Å². The number of alkyl halides is 1. The van der Waals surface area contributed by atoms with Crippen LogP contribution in [0.2, 0.25) is 0 Å². The molecule has 0 spiro atoms. The molecule has 0 aliphatic carbocycles. The van der Waals surface area contributed by atoms with Gasteiger partial charge < -0.3 is 4.74 Å². The fraction of sp³-hybridized carbons (Fsp3) is 0.538. The predicted molar refractivity (Wildman–Crippen MR) is 65.7 cm³/mol. The van der Waals surface area contributed by atoms with Gasteiger partial charge in [0.1, 0.15) is 5.75 Å². The summed E-state index contributed by atoms with van der Waals surface area (Å²) in [5.74, 6) is 1.44. The molecule has 84 valence electrons. The van der Waals surface area contributed by atoms with E-state index in [9.17, 15) is 0 Å². The standard InChI is InChI=1S/C13H19ClO/c1-4-10(5-2)13(14)11-6-8-12(15-3)9-7-11/h6-10,13H,4-5H2,1-3H3. The van der Waals surface area contributed by atoms with Gasteiger partial charge in [0.15, 0.2) is 0 Å². The lowest BCUT2D eigenvalue weighted by Gasteiger charge is -2.19. The molecule has 0 aromatic heterocycles. The minimum atomic E-state index is 0.117. The first kappa shape index (κ1) is 12.4. The Bertz CT molecular complexity index is 277. The second-order valence-corrected chi connectivity index (χ2v) is 4.22. The molecule has 1 rings (SSSR count). The molecule has 1 unspecified atom stereocenters. The first-order valence-corrected chi connectivity index (χ1v) is 5.94. The van der Waals surface area contributed by atoms with Gasteiger partial charge in [-0.05, 0) is 23.6 Å². The summed E-state index contributed by atoms with van der Waals surface area (Å²) in [4.78, 5) is 0. The molecular weight excluding hydrogens is 208 g/mol. The molecule has 1 nitrogen and oxygen atoms in total. The van der Waals surface area contributed by atoms with E-state index in [1.165, 1.54) is 5.56 Å². The van der Waals surface area contributed by atoms with Crippen LogP contribution in [0, 0.1) is 5.92 Å². The van der Waals surface area contributed by atoms with Crippen LogP contribution in [0.1, 0.15) is 37.6 Å². The number of hydrogen-bond acceptors (Lipinski definition) is 1. The van der Waals surface area contributed by atoms with E-state index >= 15 is 0 Å². The zero-order valence-corrected chi connectivity index (χ0v) is 10.4. The summed E-state index contributed by atoms with van der Waals surface area (Å²) < 4.78 is 5.12. The van der Waals surface area contributed by atoms with Crippen LogP contribution in [-0.4, -0.2) is 7.11 Å². The van der Waals surface area contributed by atoms with Crippen molar-refractivity contribution in [2.45, 2.75) is 32.1 Å². The third kappa shape index (κ3) is 3.13. The number of rotatable bonds is 5. The molecular formula is C13H19ClO. The fourth-order valence-corrected chi connectivity index (χ4v) is 2.26. The molecule has 0 amide bonds. The highest BCUT2D eigenvalue weighted by atomic mass is 35.5. The number of hydrogen-bond donors (Lipinski definition) is 0. The van der Waals surface area contributed by atoms with E-state index in [0.29, 0.717) is 5.92 Å². The molecule has 1 atom stereocenters. The van der Waals surface area contributed by atoms with Crippen molar-refractivity contribution in [2.75, 3.05) is 7.11 Å². The number of ether oxygens (including phenoxy) is 1. The Morgan fingerprint density at radius 3 is 2.07 bits per heavy atom. The van der Waals surface area contributed by atoms with Crippen LogP contribution in [0.4, 0.5) is 0 Å². The number of methoxy groups -OCH3 is 1. The Kier molecular flexibility index (Phi) is 4.97. The molecule has 0 aliphatic heterocycles. The molecule has 0 aliphatic rings. The summed E-state index contributed by atoms with van der Waals surface area (Å²) in [7, 11) is 1.67. The van der Waals surface area contributed by atoms with Crippen molar-refractivity contribution >= 4 is 11.6 Å². The Labute approximate surface area is 97.4 Å². The van der Waals surface area contributed by atoms with Crippen molar-refractivity contribution in [1.82, 2.24) is 0 Å². The summed E-state index contributed by atoms with van der Waals surface area (Å²) in [6.07, 6.45) is 2.24. The Hall–Kier alpha value is -0.690. The van der Waals surface area contributed by atoms with Gasteiger partial charge in [0, 0.05) is 0 Å². The average molecular weight is 227 g/mol. The SMILES string of the molecule is CCC(CC)C(Cl)c1ccc(OC)cc1. The Balaban J connectivity index is 2.76. The van der Waals surface area contributed by atoms with Crippen LogP contribution < -0.4 is 4.74 Å². The van der Waals surface area contributed by atoms with Crippen LogP contribution in [0.5, 0.6) is 5.75 Å². The van der Waals surface area contributed by atoms with Gasteiger partial charge in [-0.2, -0.15) is 0 Å². The third-order valence-corrected chi connectivity index (χ3v) is 3.51. The molecule has 0 radical (unpaired) electrons. The van der Waals surface area contributed by atoms with Gasteiger partial charge in [0.05, 0.1) is 12.5 Å². The quantitative estimate of drug-likeness (QED) is 0.676. The van der Waals surface area contributed by atoms with Gasteiger partial charge in [0.2, 0.25) is 0 Å². The van der Waals surface area contributed by atoms with Gasteiger partial charge in [-0.3, -0.25) is 0 Å². The van der Waals surface area contributed by atoms with Crippen LogP contribution in [0.15, 0.2) is 24.3 Å². The topological polar surface area (TPSA) is 9.23 Å². The molecule has 15 heavy (non-hydrogen) atoms. The van der Waals surface area contributed by atoms with Crippen LogP contribution in [0.25, 0.3) is 0 Å². The Morgan fingerprint density at radius 1 is 1.13 bits per heavy atom. The molecule has 2 heteroatoms. The molecule has 0 fully saturated rings. The first-order chi connectivity index (χ1) is 7.22. The summed E-state index contributed by atoms with van der Waals surface area (Å²) in [6.45, 7) is 4.38. The molecule has 1 aromatic carbocycles. The minimum absolute atomic E-state index is 0.117. The summed E-state index contributed by atoms with van der Waals surface area (Å²) in [5, 5.41) is 0.117. The fourth-order valence-electron chi connectivity index (χ4n) is 1.76. The van der Waals surface area contributed by atoms with E-state index in [1.807, 2.05) is 12.1 Å². The Morgan fingerprint density at radius 2 is 1.67 bits per heavy atom.